The van der Waals surface area contributed by atoms with Gasteiger partial charge in [-0.1, -0.05) is 11.1 Å². The Bertz CT molecular complexity index is 313. The zero-order valence-corrected chi connectivity index (χ0v) is 8.56. The Morgan fingerprint density at radius 1 is 1.83 bits per heavy atom. The largest absolute Gasteiger partial charge is 0.383 e. The summed E-state index contributed by atoms with van der Waals surface area (Å²) in [6.07, 6.45) is 6.58. The normalized spacial score (nSPS) is 10.0. The molecule has 1 heterocycles. The second-order valence-corrected chi connectivity index (χ2v) is 4.19. The van der Waals surface area contributed by atoms with Crippen LogP contribution in [-0.2, 0) is 4.84 Å². The van der Waals surface area contributed by atoms with Crippen LogP contribution >= 0.6 is 27.3 Å². The van der Waals surface area contributed by atoms with Crippen LogP contribution in [0.1, 0.15) is 5.56 Å². The molecular formula is C8H6BrNOS. The highest BCUT2D eigenvalue weighted by Crippen LogP contribution is 2.19. The summed E-state index contributed by atoms with van der Waals surface area (Å²) in [4.78, 5) is 4.72. The van der Waals surface area contributed by atoms with Crippen LogP contribution in [0.3, 0.4) is 0 Å². The van der Waals surface area contributed by atoms with E-state index in [4.69, 9.17) is 11.3 Å². The highest BCUT2D eigenvalue weighted by molar-refractivity contribution is 9.11. The van der Waals surface area contributed by atoms with Crippen molar-refractivity contribution in [3.05, 3.63) is 20.8 Å². The van der Waals surface area contributed by atoms with Gasteiger partial charge >= 0.3 is 0 Å². The second-order valence-electron chi connectivity index (χ2n) is 1.90. The summed E-state index contributed by atoms with van der Waals surface area (Å²) in [7, 11) is 0. The van der Waals surface area contributed by atoms with Crippen molar-refractivity contribution < 1.29 is 4.84 Å². The van der Waals surface area contributed by atoms with Gasteiger partial charge in [0.1, 0.15) is 0 Å². The fourth-order valence-corrected chi connectivity index (χ4v) is 1.69. The first-order valence-electron chi connectivity index (χ1n) is 3.16. The summed E-state index contributed by atoms with van der Waals surface area (Å²) in [6, 6.07) is 1.95. The van der Waals surface area contributed by atoms with Crippen LogP contribution < -0.4 is 0 Å². The molecule has 0 amide bonds. The Balaban J connectivity index is 2.42. The number of oxime groups is 1. The lowest BCUT2D eigenvalue weighted by atomic mass is 10.4. The molecule has 0 atom stereocenters. The minimum atomic E-state index is 0.210. The highest BCUT2D eigenvalue weighted by Gasteiger charge is 1.91. The summed E-state index contributed by atoms with van der Waals surface area (Å²) in [5.74, 6) is 2.32. The van der Waals surface area contributed by atoms with E-state index in [1.54, 1.807) is 17.6 Å². The van der Waals surface area contributed by atoms with Crippen molar-refractivity contribution in [2.75, 3.05) is 6.61 Å². The number of terminal acetylenes is 1. The lowest BCUT2D eigenvalue weighted by molar-refractivity contribution is 0.181. The average molecular weight is 244 g/mol. The molecule has 1 aromatic heterocycles. The maximum Gasteiger partial charge on any atom is 0.177 e. The van der Waals surface area contributed by atoms with Gasteiger partial charge in [-0.3, -0.25) is 0 Å². The van der Waals surface area contributed by atoms with Gasteiger partial charge in [-0.15, -0.1) is 17.8 Å². The maximum absolute atomic E-state index is 4.96. The van der Waals surface area contributed by atoms with Gasteiger partial charge in [0.2, 0.25) is 0 Å². The third-order valence-corrected chi connectivity index (χ3v) is 2.53. The summed E-state index contributed by atoms with van der Waals surface area (Å²) in [5, 5.41) is 5.63. The number of thiophene rings is 1. The number of rotatable bonds is 3. The molecule has 1 aromatic rings. The fraction of sp³-hybridized carbons (Fsp3) is 0.125. The number of nitrogens with zero attached hydrogens (tertiary/aromatic N) is 1. The Morgan fingerprint density at radius 2 is 2.67 bits per heavy atom. The average Bonchev–Trinajstić information content (AvgIpc) is 2.45. The second kappa shape index (κ2) is 4.96. The molecule has 0 unspecified atom stereocenters. The van der Waals surface area contributed by atoms with E-state index in [1.165, 1.54) is 0 Å². The Kier molecular flexibility index (Phi) is 3.85. The molecule has 2 nitrogen and oxygen atoms in total. The predicted octanol–water partition coefficient (Wildman–Crippen LogP) is 2.49. The molecule has 0 saturated carbocycles. The first-order valence-corrected chi connectivity index (χ1v) is 4.83. The van der Waals surface area contributed by atoms with Crippen LogP contribution in [0, 0.1) is 12.3 Å². The molecule has 0 aliphatic rings. The maximum atomic E-state index is 4.96. The number of halogens is 1. The van der Waals surface area contributed by atoms with Crippen molar-refractivity contribution in [1.82, 2.24) is 0 Å². The minimum Gasteiger partial charge on any atom is -0.383 e. The van der Waals surface area contributed by atoms with Gasteiger partial charge in [0, 0.05) is 10.9 Å². The minimum absolute atomic E-state index is 0.210. The number of hydrogen-bond acceptors (Lipinski definition) is 3. The zero-order chi connectivity index (χ0) is 8.81. The van der Waals surface area contributed by atoms with Gasteiger partial charge in [-0.05, 0) is 22.0 Å². The fourth-order valence-electron chi connectivity index (χ4n) is 0.564. The standard InChI is InChI=1S/C8H6BrNOS/c1-2-3-11-10-5-7-4-8(9)12-6-7/h1,4-6H,3H2/b10-5+. The Hall–Kier alpha value is -0.790. The van der Waals surface area contributed by atoms with Crippen molar-refractivity contribution in [3.8, 4) is 12.3 Å². The lowest BCUT2D eigenvalue weighted by Crippen LogP contribution is -1.82. The van der Waals surface area contributed by atoms with E-state index in [0.717, 1.165) is 9.35 Å². The lowest BCUT2D eigenvalue weighted by Gasteiger charge is -1.87. The Labute approximate surface area is 83.4 Å². The van der Waals surface area contributed by atoms with Gasteiger partial charge < -0.3 is 4.84 Å². The third kappa shape index (κ3) is 3.07. The smallest absolute Gasteiger partial charge is 0.177 e. The first kappa shape index (κ1) is 9.30. The van der Waals surface area contributed by atoms with Gasteiger partial charge in [0.05, 0.1) is 10.0 Å². The molecule has 0 bridgehead atoms. The molecule has 0 aromatic carbocycles. The van der Waals surface area contributed by atoms with Crippen LogP contribution in [0.5, 0.6) is 0 Å². The molecule has 4 heteroatoms. The monoisotopic (exact) mass is 243 g/mol. The van der Waals surface area contributed by atoms with Crippen LogP contribution in [0.2, 0.25) is 0 Å². The van der Waals surface area contributed by atoms with Crippen LogP contribution in [0.25, 0.3) is 0 Å². The zero-order valence-electron chi connectivity index (χ0n) is 6.16. The molecule has 0 spiro atoms. The molecule has 0 aliphatic heterocycles. The Morgan fingerprint density at radius 3 is 3.25 bits per heavy atom. The van der Waals surface area contributed by atoms with E-state index in [-0.39, 0.29) is 6.61 Å². The molecular weight excluding hydrogens is 238 g/mol. The summed E-state index contributed by atoms with van der Waals surface area (Å²) >= 11 is 4.94. The van der Waals surface area contributed by atoms with Gasteiger partial charge in [-0.2, -0.15) is 0 Å². The highest BCUT2D eigenvalue weighted by atomic mass is 79.9. The van der Waals surface area contributed by atoms with Gasteiger partial charge in [0.15, 0.2) is 6.61 Å². The molecule has 0 saturated heterocycles. The van der Waals surface area contributed by atoms with E-state index in [2.05, 4.69) is 27.0 Å². The van der Waals surface area contributed by atoms with Crippen LogP contribution in [0.4, 0.5) is 0 Å². The van der Waals surface area contributed by atoms with E-state index in [0.29, 0.717) is 0 Å². The quantitative estimate of drug-likeness (QED) is 0.346. The molecule has 0 aliphatic carbocycles. The van der Waals surface area contributed by atoms with E-state index >= 15 is 0 Å². The van der Waals surface area contributed by atoms with Crippen LogP contribution in [0.15, 0.2) is 20.4 Å². The number of hydrogen-bond donors (Lipinski definition) is 0. The molecule has 0 radical (unpaired) electrons. The first-order chi connectivity index (χ1) is 5.83. The molecule has 12 heavy (non-hydrogen) atoms. The SMILES string of the molecule is C#CCO/N=C/c1csc(Br)c1. The summed E-state index contributed by atoms with van der Waals surface area (Å²) in [5.41, 5.74) is 1.00. The van der Waals surface area contributed by atoms with Crippen molar-refractivity contribution in [1.29, 1.82) is 0 Å². The van der Waals surface area contributed by atoms with Crippen molar-refractivity contribution >= 4 is 33.5 Å². The molecule has 62 valence electrons. The topological polar surface area (TPSA) is 21.6 Å². The summed E-state index contributed by atoms with van der Waals surface area (Å²) < 4.78 is 1.07. The van der Waals surface area contributed by atoms with Crippen LogP contribution in [-0.4, -0.2) is 12.8 Å². The van der Waals surface area contributed by atoms with Crippen molar-refractivity contribution in [2.24, 2.45) is 5.16 Å². The van der Waals surface area contributed by atoms with E-state index in [9.17, 15) is 0 Å². The molecule has 0 fully saturated rings. The van der Waals surface area contributed by atoms with Crippen molar-refractivity contribution in [3.63, 3.8) is 0 Å². The summed E-state index contributed by atoms with van der Waals surface area (Å²) in [6.45, 7) is 0.210. The van der Waals surface area contributed by atoms with Crippen molar-refractivity contribution in [2.45, 2.75) is 0 Å². The van der Waals surface area contributed by atoms with Gasteiger partial charge in [-0.25, -0.2) is 0 Å². The third-order valence-electron chi connectivity index (χ3n) is 1.01. The predicted molar refractivity (Wildman–Crippen MR) is 54.4 cm³/mol. The molecule has 1 rings (SSSR count). The van der Waals surface area contributed by atoms with E-state index < -0.39 is 0 Å². The van der Waals surface area contributed by atoms with Gasteiger partial charge in [0.25, 0.3) is 0 Å². The van der Waals surface area contributed by atoms with E-state index in [1.807, 2.05) is 11.4 Å². The molecule has 0 N–H and O–H groups in total.